The van der Waals surface area contributed by atoms with Crippen LogP contribution in [0.5, 0.6) is 5.75 Å². The fourth-order valence-electron chi connectivity index (χ4n) is 2.60. The second-order valence-corrected chi connectivity index (χ2v) is 6.09. The monoisotopic (exact) mass is 305 g/mol. The first-order chi connectivity index (χ1) is 10.1. The summed E-state index contributed by atoms with van der Waals surface area (Å²) in [6.45, 7) is 9.34. The van der Waals surface area contributed by atoms with Crippen LogP contribution in [0.15, 0.2) is 12.1 Å². The fraction of sp³-hybridized carbons (Fsp3) is 0.500. The number of aromatic nitrogens is 2. The van der Waals surface area contributed by atoms with Gasteiger partial charge in [-0.2, -0.15) is 0 Å². The molecule has 0 spiro atoms. The van der Waals surface area contributed by atoms with Crippen LogP contribution in [0.3, 0.4) is 0 Å². The van der Waals surface area contributed by atoms with Crippen LogP contribution < -0.4 is 10.1 Å². The molecule has 4 nitrogen and oxygen atoms in total. The van der Waals surface area contributed by atoms with E-state index in [0.717, 1.165) is 29.3 Å². The lowest BCUT2D eigenvalue weighted by molar-refractivity contribution is 0.403. The first-order valence-electron chi connectivity index (χ1n) is 7.25. The summed E-state index contributed by atoms with van der Waals surface area (Å²) >= 11 is 1.46. The van der Waals surface area contributed by atoms with Crippen LogP contribution in [-0.4, -0.2) is 23.2 Å². The molecule has 0 saturated carbocycles. The molecule has 0 aliphatic rings. The second kappa shape index (κ2) is 7.00. The van der Waals surface area contributed by atoms with Crippen LogP contribution in [0.1, 0.15) is 46.6 Å². The van der Waals surface area contributed by atoms with Gasteiger partial charge in [-0.3, -0.25) is 0 Å². The summed E-state index contributed by atoms with van der Waals surface area (Å²) in [5.74, 6) is 0.925. The largest absolute Gasteiger partial charge is 0.496 e. The van der Waals surface area contributed by atoms with Crippen molar-refractivity contribution in [1.29, 1.82) is 0 Å². The van der Waals surface area contributed by atoms with Crippen LogP contribution in [-0.2, 0) is 0 Å². The Kier molecular flexibility index (Phi) is 5.31. The van der Waals surface area contributed by atoms with Crippen molar-refractivity contribution in [3.63, 3.8) is 0 Å². The lowest BCUT2D eigenvalue weighted by Crippen LogP contribution is -2.24. The number of nitrogens with one attached hydrogen (secondary N) is 1. The summed E-state index contributed by atoms with van der Waals surface area (Å²) in [7, 11) is 1.73. The standard InChI is InChI=1S/C16H23N3OS/c1-6-7-17-15(16-12(4)18-19-21-16)14-11(3)8-10(2)9-13(14)20-5/h8-9,15,17H,6-7H2,1-5H3. The number of benzene rings is 1. The van der Waals surface area contributed by atoms with Crippen molar-refractivity contribution in [2.24, 2.45) is 0 Å². The second-order valence-electron chi connectivity index (χ2n) is 5.31. The van der Waals surface area contributed by atoms with Gasteiger partial charge in [0.25, 0.3) is 0 Å². The lowest BCUT2D eigenvalue weighted by Gasteiger charge is -2.23. The zero-order valence-corrected chi connectivity index (χ0v) is 14.2. The van der Waals surface area contributed by atoms with Crippen molar-refractivity contribution >= 4 is 11.5 Å². The molecule has 1 atom stereocenters. The molecule has 5 heteroatoms. The molecule has 0 amide bonds. The Morgan fingerprint density at radius 3 is 2.62 bits per heavy atom. The fourth-order valence-corrected chi connectivity index (χ4v) is 3.33. The van der Waals surface area contributed by atoms with Gasteiger partial charge in [-0.05, 0) is 62.5 Å². The van der Waals surface area contributed by atoms with E-state index in [-0.39, 0.29) is 6.04 Å². The molecule has 1 N–H and O–H groups in total. The minimum atomic E-state index is 0.0838. The quantitative estimate of drug-likeness (QED) is 0.886. The van der Waals surface area contributed by atoms with Crippen molar-refractivity contribution in [2.45, 2.75) is 40.2 Å². The van der Waals surface area contributed by atoms with E-state index in [9.17, 15) is 0 Å². The highest BCUT2D eigenvalue weighted by Gasteiger charge is 2.24. The summed E-state index contributed by atoms with van der Waals surface area (Å²) in [5, 5.41) is 7.78. The minimum absolute atomic E-state index is 0.0838. The van der Waals surface area contributed by atoms with Crippen LogP contribution in [0.4, 0.5) is 0 Å². The third-order valence-corrected chi connectivity index (χ3v) is 4.44. The molecule has 114 valence electrons. The zero-order valence-electron chi connectivity index (χ0n) is 13.4. The van der Waals surface area contributed by atoms with Gasteiger partial charge in [-0.25, -0.2) is 0 Å². The normalized spacial score (nSPS) is 12.4. The van der Waals surface area contributed by atoms with E-state index in [2.05, 4.69) is 47.8 Å². The lowest BCUT2D eigenvalue weighted by atomic mass is 9.96. The Labute approximate surface area is 130 Å². The van der Waals surface area contributed by atoms with Crippen LogP contribution in [0.25, 0.3) is 0 Å². The van der Waals surface area contributed by atoms with Crippen molar-refractivity contribution < 1.29 is 4.74 Å². The number of aryl methyl sites for hydroxylation is 3. The van der Waals surface area contributed by atoms with Crippen LogP contribution in [0, 0.1) is 20.8 Å². The molecule has 1 unspecified atom stereocenters. The van der Waals surface area contributed by atoms with Gasteiger partial charge in [-0.1, -0.05) is 17.5 Å². The van der Waals surface area contributed by atoms with Gasteiger partial charge in [0.05, 0.1) is 23.7 Å². The molecule has 2 rings (SSSR count). The van der Waals surface area contributed by atoms with E-state index in [1.54, 1.807) is 7.11 Å². The van der Waals surface area contributed by atoms with Gasteiger partial charge in [0.15, 0.2) is 0 Å². The predicted molar refractivity (Wildman–Crippen MR) is 87.3 cm³/mol. The molecule has 0 saturated heterocycles. The Hall–Kier alpha value is -1.46. The van der Waals surface area contributed by atoms with E-state index in [1.165, 1.54) is 28.2 Å². The van der Waals surface area contributed by atoms with Crippen LogP contribution in [0.2, 0.25) is 0 Å². The summed E-state index contributed by atoms with van der Waals surface area (Å²) in [6.07, 6.45) is 1.08. The maximum atomic E-state index is 5.63. The number of rotatable bonds is 6. The molecule has 0 aliphatic carbocycles. The van der Waals surface area contributed by atoms with E-state index in [4.69, 9.17) is 4.74 Å². The van der Waals surface area contributed by atoms with Crippen LogP contribution >= 0.6 is 11.5 Å². The molecule has 2 aromatic rings. The Morgan fingerprint density at radius 2 is 2.05 bits per heavy atom. The maximum Gasteiger partial charge on any atom is 0.124 e. The van der Waals surface area contributed by atoms with Gasteiger partial charge < -0.3 is 10.1 Å². The Balaban J connectivity index is 2.54. The molecule has 0 bridgehead atoms. The summed E-state index contributed by atoms with van der Waals surface area (Å²) < 4.78 is 9.72. The van der Waals surface area contributed by atoms with Gasteiger partial charge in [0, 0.05) is 5.56 Å². The van der Waals surface area contributed by atoms with Crippen molar-refractivity contribution in [3.05, 3.63) is 39.4 Å². The van der Waals surface area contributed by atoms with Crippen molar-refractivity contribution in [1.82, 2.24) is 14.9 Å². The first-order valence-corrected chi connectivity index (χ1v) is 8.03. The van der Waals surface area contributed by atoms with E-state index in [1.807, 2.05) is 6.92 Å². The molecule has 1 heterocycles. The van der Waals surface area contributed by atoms with Gasteiger partial charge in [0.1, 0.15) is 5.75 Å². The average molecular weight is 305 g/mol. The third kappa shape index (κ3) is 3.41. The molecule has 0 fully saturated rings. The minimum Gasteiger partial charge on any atom is -0.496 e. The highest BCUT2D eigenvalue weighted by Crippen LogP contribution is 2.36. The number of ether oxygens (including phenoxy) is 1. The van der Waals surface area contributed by atoms with E-state index in [0.29, 0.717) is 0 Å². The van der Waals surface area contributed by atoms with Gasteiger partial charge in [-0.15, -0.1) is 5.10 Å². The summed E-state index contributed by atoms with van der Waals surface area (Å²) in [4.78, 5) is 1.16. The maximum absolute atomic E-state index is 5.63. The van der Waals surface area contributed by atoms with Crippen molar-refractivity contribution in [3.8, 4) is 5.75 Å². The molecule has 21 heavy (non-hydrogen) atoms. The highest BCUT2D eigenvalue weighted by molar-refractivity contribution is 7.05. The third-order valence-electron chi connectivity index (χ3n) is 3.55. The number of nitrogens with zero attached hydrogens (tertiary/aromatic N) is 2. The Morgan fingerprint density at radius 1 is 1.29 bits per heavy atom. The summed E-state index contributed by atoms with van der Waals surface area (Å²) in [6, 6.07) is 4.37. The Bertz CT molecular complexity index is 610. The number of hydrogen-bond donors (Lipinski definition) is 1. The number of hydrogen-bond acceptors (Lipinski definition) is 5. The summed E-state index contributed by atoms with van der Waals surface area (Å²) in [5.41, 5.74) is 4.61. The molecular formula is C16H23N3OS. The molecule has 0 aliphatic heterocycles. The zero-order chi connectivity index (χ0) is 15.4. The highest BCUT2D eigenvalue weighted by atomic mass is 32.1. The van der Waals surface area contributed by atoms with Gasteiger partial charge >= 0.3 is 0 Å². The van der Waals surface area contributed by atoms with Crippen molar-refractivity contribution in [2.75, 3.05) is 13.7 Å². The SMILES string of the molecule is CCCNC(c1snnc1C)c1c(C)cc(C)cc1OC. The topological polar surface area (TPSA) is 47.0 Å². The molecule has 1 aromatic carbocycles. The van der Waals surface area contributed by atoms with E-state index >= 15 is 0 Å². The average Bonchev–Trinajstić information content (AvgIpc) is 2.86. The van der Waals surface area contributed by atoms with Gasteiger partial charge in [0.2, 0.25) is 0 Å². The smallest absolute Gasteiger partial charge is 0.124 e. The van der Waals surface area contributed by atoms with E-state index < -0.39 is 0 Å². The molecule has 0 radical (unpaired) electrons. The first kappa shape index (κ1) is 15.9. The molecule has 1 aromatic heterocycles. The molecular weight excluding hydrogens is 282 g/mol. The predicted octanol–water partition coefficient (Wildman–Crippen LogP) is 3.56. The number of methoxy groups -OCH3 is 1.